The van der Waals surface area contributed by atoms with Crippen LogP contribution in [0.4, 0.5) is 0 Å². The second-order valence-electron chi connectivity index (χ2n) is 7.86. The summed E-state index contributed by atoms with van der Waals surface area (Å²) in [5.74, 6) is 1.64. The fourth-order valence-corrected chi connectivity index (χ4v) is 5.67. The molecule has 114 valence electrons. The third kappa shape index (κ3) is 2.37. The Bertz CT molecular complexity index is 381. The summed E-state index contributed by atoms with van der Waals surface area (Å²) in [5, 5.41) is 12.4. The molecule has 0 radical (unpaired) electrons. The zero-order valence-corrected chi connectivity index (χ0v) is 12.7. The fraction of sp³-hybridized carbons (Fsp3) is 0.938. The topological polar surface area (TPSA) is 58.6 Å². The standard InChI is InChI=1S/C16H27NO3/c1-15-4-11-3-12(5-15)7-16(6-11,10-15)14(19)17-13(8-18)9-20-2/h11-13,18H,3-10H2,1-2H3,(H,17,19). The molecule has 0 aromatic carbocycles. The van der Waals surface area contributed by atoms with Gasteiger partial charge in [-0.25, -0.2) is 0 Å². The van der Waals surface area contributed by atoms with Gasteiger partial charge in [-0.3, -0.25) is 4.79 Å². The van der Waals surface area contributed by atoms with E-state index in [2.05, 4.69) is 12.2 Å². The van der Waals surface area contributed by atoms with Gasteiger partial charge in [0.1, 0.15) is 0 Å². The monoisotopic (exact) mass is 281 g/mol. The van der Waals surface area contributed by atoms with E-state index < -0.39 is 0 Å². The van der Waals surface area contributed by atoms with Crippen molar-refractivity contribution in [2.45, 2.75) is 51.5 Å². The van der Waals surface area contributed by atoms with Crippen molar-refractivity contribution in [3.8, 4) is 0 Å². The lowest BCUT2D eigenvalue weighted by atomic mass is 9.44. The van der Waals surface area contributed by atoms with Crippen molar-refractivity contribution in [2.24, 2.45) is 22.7 Å². The van der Waals surface area contributed by atoms with Crippen LogP contribution >= 0.6 is 0 Å². The number of methoxy groups -OCH3 is 1. The Kier molecular flexibility index (Phi) is 3.57. The number of aliphatic hydroxyl groups excluding tert-OH is 1. The largest absolute Gasteiger partial charge is 0.394 e. The summed E-state index contributed by atoms with van der Waals surface area (Å²) in [6, 6.07) is -0.270. The predicted molar refractivity (Wildman–Crippen MR) is 76.1 cm³/mol. The van der Waals surface area contributed by atoms with Gasteiger partial charge in [0.05, 0.1) is 24.7 Å². The SMILES string of the molecule is COCC(CO)NC(=O)C12CC3CC(CC(C)(C3)C1)C2. The highest BCUT2D eigenvalue weighted by Gasteiger charge is 2.58. The summed E-state index contributed by atoms with van der Waals surface area (Å²) in [4.78, 5) is 12.8. The van der Waals surface area contributed by atoms with Crippen LogP contribution < -0.4 is 5.32 Å². The van der Waals surface area contributed by atoms with E-state index in [1.54, 1.807) is 7.11 Å². The number of aliphatic hydroxyl groups is 1. The minimum absolute atomic E-state index is 0.0558. The van der Waals surface area contributed by atoms with Crippen LogP contribution in [0, 0.1) is 22.7 Å². The molecule has 0 aromatic heterocycles. The normalized spacial score (nSPS) is 43.5. The van der Waals surface area contributed by atoms with Gasteiger partial charge >= 0.3 is 0 Å². The molecule has 0 heterocycles. The van der Waals surface area contributed by atoms with Gasteiger partial charge in [0.15, 0.2) is 0 Å². The van der Waals surface area contributed by atoms with Crippen LogP contribution in [0.15, 0.2) is 0 Å². The Morgan fingerprint density at radius 2 is 2.00 bits per heavy atom. The van der Waals surface area contributed by atoms with Crippen molar-refractivity contribution < 1.29 is 14.6 Å². The highest BCUT2D eigenvalue weighted by Crippen LogP contribution is 2.65. The van der Waals surface area contributed by atoms with Crippen LogP contribution in [-0.4, -0.2) is 37.4 Å². The van der Waals surface area contributed by atoms with E-state index in [9.17, 15) is 9.90 Å². The molecule has 4 fully saturated rings. The number of ether oxygens (including phenoxy) is 1. The zero-order valence-electron chi connectivity index (χ0n) is 12.7. The van der Waals surface area contributed by atoms with Crippen LogP contribution in [0.1, 0.15) is 45.4 Å². The molecule has 4 aliphatic carbocycles. The van der Waals surface area contributed by atoms with E-state index in [-0.39, 0.29) is 24.0 Å². The second kappa shape index (κ2) is 4.99. The molecule has 4 bridgehead atoms. The van der Waals surface area contributed by atoms with Crippen LogP contribution in [0.2, 0.25) is 0 Å². The van der Waals surface area contributed by atoms with Crippen LogP contribution in [-0.2, 0) is 9.53 Å². The van der Waals surface area contributed by atoms with Crippen LogP contribution in [0.5, 0.6) is 0 Å². The van der Waals surface area contributed by atoms with Crippen molar-refractivity contribution >= 4 is 5.91 Å². The Morgan fingerprint density at radius 3 is 2.50 bits per heavy atom. The Hall–Kier alpha value is -0.610. The summed E-state index contributed by atoms with van der Waals surface area (Å²) >= 11 is 0. The highest BCUT2D eigenvalue weighted by molar-refractivity contribution is 5.83. The lowest BCUT2D eigenvalue weighted by molar-refractivity contribution is -0.156. The summed E-state index contributed by atoms with van der Waals surface area (Å²) in [5.41, 5.74) is 0.206. The summed E-state index contributed by atoms with van der Waals surface area (Å²) in [6.45, 7) is 2.69. The average Bonchev–Trinajstić information content (AvgIpc) is 2.35. The fourth-order valence-electron chi connectivity index (χ4n) is 5.67. The first-order chi connectivity index (χ1) is 9.48. The Morgan fingerprint density at radius 1 is 1.35 bits per heavy atom. The molecule has 4 nitrogen and oxygen atoms in total. The quantitative estimate of drug-likeness (QED) is 0.806. The maximum absolute atomic E-state index is 12.8. The van der Waals surface area contributed by atoms with Crippen molar-refractivity contribution in [2.75, 3.05) is 20.3 Å². The molecule has 0 saturated heterocycles. The number of hydrogen-bond donors (Lipinski definition) is 2. The number of carbonyl (C=O) groups is 1. The van der Waals surface area contributed by atoms with E-state index in [1.165, 1.54) is 19.3 Å². The smallest absolute Gasteiger partial charge is 0.226 e. The first-order valence-corrected chi connectivity index (χ1v) is 7.89. The number of nitrogens with one attached hydrogen (secondary N) is 1. The third-order valence-corrected chi connectivity index (χ3v) is 5.76. The minimum atomic E-state index is -0.270. The molecule has 20 heavy (non-hydrogen) atoms. The number of rotatable bonds is 5. The molecular formula is C16H27NO3. The second-order valence-corrected chi connectivity index (χ2v) is 7.86. The van der Waals surface area contributed by atoms with Gasteiger partial charge in [0.25, 0.3) is 0 Å². The maximum Gasteiger partial charge on any atom is 0.226 e. The van der Waals surface area contributed by atoms with Gasteiger partial charge in [-0.1, -0.05) is 6.92 Å². The predicted octanol–water partition coefficient (Wildman–Crippen LogP) is 1.72. The molecule has 4 heteroatoms. The van der Waals surface area contributed by atoms with Gasteiger partial charge < -0.3 is 15.2 Å². The van der Waals surface area contributed by atoms with Crippen LogP contribution in [0.3, 0.4) is 0 Å². The lowest BCUT2D eigenvalue weighted by Crippen LogP contribution is -2.58. The lowest BCUT2D eigenvalue weighted by Gasteiger charge is -2.60. The molecule has 3 atom stereocenters. The van der Waals surface area contributed by atoms with E-state index in [1.807, 2.05) is 0 Å². The summed E-state index contributed by atoms with van der Waals surface area (Å²) < 4.78 is 5.06. The van der Waals surface area contributed by atoms with Gasteiger partial charge in [0.2, 0.25) is 5.91 Å². The molecule has 4 saturated carbocycles. The first-order valence-electron chi connectivity index (χ1n) is 7.89. The van der Waals surface area contributed by atoms with Crippen molar-refractivity contribution in [3.05, 3.63) is 0 Å². The van der Waals surface area contributed by atoms with E-state index in [0.717, 1.165) is 31.1 Å². The minimum Gasteiger partial charge on any atom is -0.394 e. The molecule has 0 aromatic rings. The highest BCUT2D eigenvalue weighted by atomic mass is 16.5. The Balaban J connectivity index is 1.74. The molecule has 4 rings (SSSR count). The third-order valence-electron chi connectivity index (χ3n) is 5.76. The molecule has 0 spiro atoms. The van der Waals surface area contributed by atoms with Crippen molar-refractivity contribution in [1.82, 2.24) is 5.32 Å². The number of amides is 1. The Labute approximate surface area is 121 Å². The van der Waals surface area contributed by atoms with Gasteiger partial charge in [-0.15, -0.1) is 0 Å². The van der Waals surface area contributed by atoms with Gasteiger partial charge in [-0.05, 0) is 55.8 Å². The number of hydrogen-bond acceptors (Lipinski definition) is 3. The molecule has 0 aliphatic heterocycles. The van der Waals surface area contributed by atoms with Crippen molar-refractivity contribution in [1.29, 1.82) is 0 Å². The molecule has 2 N–H and O–H groups in total. The van der Waals surface area contributed by atoms with Gasteiger partial charge in [-0.2, -0.15) is 0 Å². The average molecular weight is 281 g/mol. The maximum atomic E-state index is 12.8. The summed E-state index contributed by atoms with van der Waals surface area (Å²) in [7, 11) is 1.60. The van der Waals surface area contributed by atoms with E-state index in [4.69, 9.17) is 4.74 Å². The molecular weight excluding hydrogens is 254 g/mol. The van der Waals surface area contributed by atoms with Gasteiger partial charge in [0, 0.05) is 7.11 Å². The molecule has 1 amide bonds. The van der Waals surface area contributed by atoms with E-state index >= 15 is 0 Å². The van der Waals surface area contributed by atoms with Crippen molar-refractivity contribution in [3.63, 3.8) is 0 Å². The van der Waals surface area contributed by atoms with E-state index in [0.29, 0.717) is 12.0 Å². The first kappa shape index (κ1) is 14.3. The molecule has 4 aliphatic rings. The number of carbonyl (C=O) groups excluding carboxylic acids is 1. The zero-order chi connectivity index (χ0) is 14.4. The summed E-state index contributed by atoms with van der Waals surface area (Å²) in [6.07, 6.45) is 7.07. The molecule has 3 unspecified atom stereocenters. The van der Waals surface area contributed by atoms with Crippen LogP contribution in [0.25, 0.3) is 0 Å².